The molecule has 5 nitrogen and oxygen atoms in total. The maximum absolute atomic E-state index is 11.7. The molecule has 0 saturated carbocycles. The Morgan fingerprint density at radius 1 is 1.37 bits per heavy atom. The molecule has 2 aromatic rings. The van der Waals surface area contributed by atoms with E-state index in [0.717, 1.165) is 16.8 Å². The van der Waals surface area contributed by atoms with E-state index in [0.29, 0.717) is 5.69 Å². The molecule has 1 N–H and O–H groups in total. The summed E-state index contributed by atoms with van der Waals surface area (Å²) in [4.78, 5) is 15.8. The van der Waals surface area contributed by atoms with E-state index >= 15 is 0 Å². The first-order chi connectivity index (χ1) is 8.97. The van der Waals surface area contributed by atoms with E-state index in [4.69, 9.17) is 0 Å². The van der Waals surface area contributed by atoms with Crippen molar-refractivity contribution >= 4 is 11.6 Å². The van der Waals surface area contributed by atoms with Gasteiger partial charge in [0, 0.05) is 36.5 Å². The van der Waals surface area contributed by atoms with E-state index in [2.05, 4.69) is 15.4 Å². The molecular weight excluding hydrogens is 240 g/mol. The van der Waals surface area contributed by atoms with Crippen molar-refractivity contribution in [1.29, 1.82) is 0 Å². The molecule has 5 heteroatoms. The van der Waals surface area contributed by atoms with Gasteiger partial charge >= 0.3 is 0 Å². The number of nitrogens with zero attached hydrogens (tertiary/aromatic N) is 3. The second-order valence-electron chi connectivity index (χ2n) is 4.91. The Hall–Kier alpha value is -2.17. The number of anilines is 1. The summed E-state index contributed by atoms with van der Waals surface area (Å²) >= 11 is 0. The third-order valence-electron chi connectivity index (χ3n) is 2.85. The van der Waals surface area contributed by atoms with Crippen molar-refractivity contribution < 1.29 is 4.79 Å². The van der Waals surface area contributed by atoms with E-state index < -0.39 is 0 Å². The van der Waals surface area contributed by atoms with Crippen LogP contribution in [0, 0.1) is 12.8 Å². The van der Waals surface area contributed by atoms with Crippen LogP contribution in [-0.2, 0) is 11.8 Å². The summed E-state index contributed by atoms with van der Waals surface area (Å²) in [6, 6.07) is 1.91. The number of carbonyl (C=O) groups excluding carboxylic acids is 1. The minimum atomic E-state index is -0.0521. The second kappa shape index (κ2) is 5.22. The molecule has 0 radical (unpaired) electrons. The van der Waals surface area contributed by atoms with Gasteiger partial charge in [-0.05, 0) is 13.0 Å². The van der Waals surface area contributed by atoms with Crippen LogP contribution in [-0.4, -0.2) is 20.7 Å². The summed E-state index contributed by atoms with van der Waals surface area (Å²) in [5.41, 5.74) is 3.62. The fraction of sp³-hybridized carbons (Fsp3) is 0.357. The van der Waals surface area contributed by atoms with Gasteiger partial charge in [0.25, 0.3) is 0 Å². The predicted molar refractivity (Wildman–Crippen MR) is 74.6 cm³/mol. The predicted octanol–water partition coefficient (Wildman–Crippen LogP) is 2.39. The van der Waals surface area contributed by atoms with E-state index in [1.165, 1.54) is 0 Å². The molecule has 1 amide bonds. The van der Waals surface area contributed by atoms with Crippen LogP contribution in [0.1, 0.15) is 19.5 Å². The molecule has 0 unspecified atom stereocenters. The van der Waals surface area contributed by atoms with Crippen molar-refractivity contribution in [2.24, 2.45) is 13.0 Å². The molecule has 0 saturated heterocycles. The summed E-state index contributed by atoms with van der Waals surface area (Å²) < 4.78 is 1.77. The zero-order valence-corrected chi connectivity index (χ0v) is 11.6. The Bertz CT molecular complexity index is 601. The first kappa shape index (κ1) is 13.3. The minimum Gasteiger partial charge on any atom is -0.324 e. The third-order valence-corrected chi connectivity index (χ3v) is 2.85. The highest BCUT2D eigenvalue weighted by Crippen LogP contribution is 2.24. The molecule has 0 atom stereocenters. The summed E-state index contributed by atoms with van der Waals surface area (Å²) in [5, 5.41) is 7.16. The van der Waals surface area contributed by atoms with Gasteiger partial charge in [0.05, 0.1) is 17.6 Å². The van der Waals surface area contributed by atoms with Gasteiger partial charge < -0.3 is 5.32 Å². The Balaban J connectivity index is 2.29. The number of hydrogen-bond acceptors (Lipinski definition) is 3. The molecule has 2 aromatic heterocycles. The number of rotatable bonds is 3. The third kappa shape index (κ3) is 2.99. The lowest BCUT2D eigenvalue weighted by molar-refractivity contribution is -0.118. The lowest BCUT2D eigenvalue weighted by Gasteiger charge is -2.08. The molecule has 19 heavy (non-hydrogen) atoms. The molecule has 0 fully saturated rings. The maximum Gasteiger partial charge on any atom is 0.226 e. The molecule has 2 heterocycles. The van der Waals surface area contributed by atoms with Crippen molar-refractivity contribution in [2.45, 2.75) is 20.8 Å². The number of aromatic nitrogens is 3. The average Bonchev–Trinajstić information content (AvgIpc) is 2.68. The van der Waals surface area contributed by atoms with Gasteiger partial charge in [-0.1, -0.05) is 13.8 Å². The fourth-order valence-electron chi connectivity index (χ4n) is 1.83. The second-order valence-corrected chi connectivity index (χ2v) is 4.91. The molecule has 0 aliphatic heterocycles. The quantitative estimate of drug-likeness (QED) is 0.919. The average molecular weight is 258 g/mol. The Morgan fingerprint density at radius 3 is 2.68 bits per heavy atom. The monoisotopic (exact) mass is 258 g/mol. The molecule has 0 aromatic carbocycles. The van der Waals surface area contributed by atoms with Crippen LogP contribution >= 0.6 is 0 Å². The lowest BCUT2D eigenvalue weighted by Crippen LogP contribution is -2.17. The van der Waals surface area contributed by atoms with Crippen LogP contribution in [0.3, 0.4) is 0 Å². The zero-order valence-electron chi connectivity index (χ0n) is 11.6. The van der Waals surface area contributed by atoms with Gasteiger partial charge in [-0.3, -0.25) is 14.5 Å². The summed E-state index contributed by atoms with van der Waals surface area (Å²) in [7, 11) is 1.88. The van der Waals surface area contributed by atoms with Crippen molar-refractivity contribution in [3.8, 4) is 11.1 Å². The number of amides is 1. The van der Waals surface area contributed by atoms with Crippen molar-refractivity contribution in [3.05, 3.63) is 30.4 Å². The first-order valence-electron chi connectivity index (χ1n) is 6.24. The number of carbonyl (C=O) groups is 1. The van der Waals surface area contributed by atoms with Gasteiger partial charge in [0.15, 0.2) is 0 Å². The number of pyridine rings is 1. The topological polar surface area (TPSA) is 59.8 Å². The Labute approximate surface area is 112 Å². The smallest absolute Gasteiger partial charge is 0.226 e. The van der Waals surface area contributed by atoms with Crippen molar-refractivity contribution in [1.82, 2.24) is 14.8 Å². The Morgan fingerprint density at radius 2 is 2.11 bits per heavy atom. The molecule has 0 aliphatic rings. The van der Waals surface area contributed by atoms with Gasteiger partial charge in [0.1, 0.15) is 0 Å². The highest BCUT2D eigenvalue weighted by Gasteiger charge is 2.10. The van der Waals surface area contributed by atoms with E-state index in [1.807, 2.05) is 40.1 Å². The minimum absolute atomic E-state index is 0.0122. The largest absolute Gasteiger partial charge is 0.324 e. The highest BCUT2D eigenvalue weighted by molar-refractivity contribution is 5.92. The van der Waals surface area contributed by atoms with Gasteiger partial charge in [0.2, 0.25) is 5.91 Å². The van der Waals surface area contributed by atoms with Gasteiger partial charge in [-0.15, -0.1) is 0 Å². The van der Waals surface area contributed by atoms with E-state index in [1.54, 1.807) is 17.1 Å². The summed E-state index contributed by atoms with van der Waals surface area (Å²) in [6.45, 7) is 5.67. The molecule has 100 valence electrons. The van der Waals surface area contributed by atoms with Gasteiger partial charge in [-0.2, -0.15) is 5.10 Å². The molecule has 0 spiro atoms. The fourth-order valence-corrected chi connectivity index (χ4v) is 1.83. The van der Waals surface area contributed by atoms with Crippen LogP contribution in [0.4, 0.5) is 5.69 Å². The van der Waals surface area contributed by atoms with Crippen LogP contribution in [0.2, 0.25) is 0 Å². The normalized spacial score (nSPS) is 10.8. The van der Waals surface area contributed by atoms with Crippen LogP contribution in [0.15, 0.2) is 24.7 Å². The highest BCUT2D eigenvalue weighted by atomic mass is 16.1. The molecule has 0 aliphatic carbocycles. The Kier molecular flexibility index (Phi) is 3.64. The maximum atomic E-state index is 11.7. The van der Waals surface area contributed by atoms with E-state index in [-0.39, 0.29) is 11.8 Å². The van der Waals surface area contributed by atoms with E-state index in [9.17, 15) is 4.79 Å². The summed E-state index contributed by atoms with van der Waals surface area (Å²) in [6.07, 6.45) is 5.37. The standard InChI is InChI=1S/C14H18N4O/c1-9(2)14(19)16-12-5-11(6-15-7-12)13-8-18(4)17-10(13)3/h5-9H,1-4H3,(H,16,19). The van der Waals surface area contributed by atoms with Crippen LogP contribution < -0.4 is 5.32 Å². The summed E-state index contributed by atoms with van der Waals surface area (Å²) in [5.74, 6) is -0.0642. The van der Waals surface area contributed by atoms with Crippen LogP contribution in [0.25, 0.3) is 11.1 Å². The number of hydrogen-bond donors (Lipinski definition) is 1. The first-order valence-corrected chi connectivity index (χ1v) is 6.24. The van der Waals surface area contributed by atoms with Crippen molar-refractivity contribution in [3.63, 3.8) is 0 Å². The number of aryl methyl sites for hydroxylation is 2. The number of nitrogens with one attached hydrogen (secondary N) is 1. The van der Waals surface area contributed by atoms with Crippen molar-refractivity contribution in [2.75, 3.05) is 5.32 Å². The van der Waals surface area contributed by atoms with Gasteiger partial charge in [-0.25, -0.2) is 0 Å². The molecule has 0 bridgehead atoms. The molecular formula is C14H18N4O. The van der Waals surface area contributed by atoms with Crippen LogP contribution in [0.5, 0.6) is 0 Å². The molecule has 2 rings (SSSR count). The zero-order chi connectivity index (χ0) is 14.0. The SMILES string of the molecule is Cc1nn(C)cc1-c1cncc(NC(=O)C(C)C)c1. The lowest BCUT2D eigenvalue weighted by atomic mass is 10.1.